The molecule has 4 rings (SSSR count). The molecule has 1 fully saturated rings. The van der Waals surface area contributed by atoms with E-state index in [2.05, 4.69) is 46.2 Å². The monoisotopic (exact) mass is 423 g/mol. The van der Waals surface area contributed by atoms with E-state index >= 15 is 0 Å². The number of piperazine rings is 1. The Morgan fingerprint density at radius 3 is 2.47 bits per heavy atom. The summed E-state index contributed by atoms with van der Waals surface area (Å²) in [5.41, 5.74) is 4.72. The van der Waals surface area contributed by atoms with E-state index in [0.717, 1.165) is 31.0 Å². The van der Waals surface area contributed by atoms with Crippen LogP contribution >= 0.6 is 11.6 Å². The van der Waals surface area contributed by atoms with Gasteiger partial charge in [-0.05, 0) is 44.5 Å². The second kappa shape index (κ2) is 8.58. The molecule has 0 bridgehead atoms. The fourth-order valence-corrected chi connectivity index (χ4v) is 4.07. The molecule has 0 atom stereocenters. The molecule has 1 aliphatic rings. The van der Waals surface area contributed by atoms with Gasteiger partial charge in [0, 0.05) is 38.4 Å². The van der Waals surface area contributed by atoms with Crippen LogP contribution in [0.3, 0.4) is 0 Å². The molecule has 1 aromatic carbocycles. The van der Waals surface area contributed by atoms with E-state index < -0.39 is 0 Å². The van der Waals surface area contributed by atoms with Crippen LogP contribution < -0.4 is 0 Å². The number of nitrogens with zero attached hydrogens (tertiary/aromatic N) is 5. The third-order valence-electron chi connectivity index (χ3n) is 5.41. The number of pyridine rings is 1. The van der Waals surface area contributed by atoms with Crippen LogP contribution in [0, 0.1) is 20.8 Å². The highest BCUT2D eigenvalue weighted by Gasteiger charge is 2.25. The Balaban J connectivity index is 1.45. The zero-order valence-corrected chi connectivity index (χ0v) is 18.4. The van der Waals surface area contributed by atoms with E-state index in [1.165, 1.54) is 11.1 Å². The fourth-order valence-electron chi connectivity index (χ4n) is 3.89. The van der Waals surface area contributed by atoms with Gasteiger partial charge >= 0.3 is 0 Å². The topological polar surface area (TPSA) is 54.3 Å². The van der Waals surface area contributed by atoms with Crippen LogP contribution in [-0.2, 0) is 6.54 Å². The molecule has 156 valence electrons. The number of carbonyl (C=O) groups is 1. The number of benzene rings is 1. The molecular weight excluding hydrogens is 398 g/mol. The molecule has 7 heteroatoms. The van der Waals surface area contributed by atoms with Crippen molar-refractivity contribution in [1.82, 2.24) is 24.6 Å². The van der Waals surface area contributed by atoms with Crippen molar-refractivity contribution in [3.63, 3.8) is 0 Å². The van der Waals surface area contributed by atoms with Gasteiger partial charge in [0.25, 0.3) is 5.91 Å². The van der Waals surface area contributed by atoms with E-state index in [9.17, 15) is 4.79 Å². The zero-order valence-electron chi connectivity index (χ0n) is 17.6. The summed E-state index contributed by atoms with van der Waals surface area (Å²) in [6.45, 7) is 9.88. The minimum atomic E-state index is -0.126. The van der Waals surface area contributed by atoms with Gasteiger partial charge in [0.15, 0.2) is 5.82 Å². The van der Waals surface area contributed by atoms with E-state index in [1.54, 1.807) is 16.8 Å². The Hall–Kier alpha value is -2.70. The zero-order chi connectivity index (χ0) is 21.3. The van der Waals surface area contributed by atoms with Crippen LogP contribution in [0.5, 0.6) is 0 Å². The van der Waals surface area contributed by atoms with Crippen LogP contribution in [0.15, 0.2) is 42.5 Å². The lowest BCUT2D eigenvalue weighted by atomic mass is 10.1. The second-order valence-electron chi connectivity index (χ2n) is 7.90. The molecule has 0 unspecified atom stereocenters. The largest absolute Gasteiger partial charge is 0.335 e. The van der Waals surface area contributed by atoms with E-state index in [4.69, 9.17) is 11.6 Å². The van der Waals surface area contributed by atoms with Gasteiger partial charge in [-0.25, -0.2) is 9.67 Å². The fraction of sp³-hybridized carbons (Fsp3) is 0.348. The summed E-state index contributed by atoms with van der Waals surface area (Å²) in [7, 11) is 0. The molecule has 1 amide bonds. The third-order valence-corrected chi connectivity index (χ3v) is 5.71. The first-order valence-corrected chi connectivity index (χ1v) is 10.6. The summed E-state index contributed by atoms with van der Waals surface area (Å²) >= 11 is 6.34. The van der Waals surface area contributed by atoms with E-state index in [-0.39, 0.29) is 11.6 Å². The van der Waals surface area contributed by atoms with Crippen molar-refractivity contribution < 1.29 is 4.79 Å². The maximum absolute atomic E-state index is 13.1. The van der Waals surface area contributed by atoms with Crippen molar-refractivity contribution in [2.75, 3.05) is 26.2 Å². The first kappa shape index (κ1) is 20.6. The Bertz CT molecular complexity index is 1070. The van der Waals surface area contributed by atoms with E-state index in [1.807, 2.05) is 24.8 Å². The average Bonchev–Trinajstić information content (AvgIpc) is 3.06. The maximum Gasteiger partial charge on any atom is 0.274 e. The maximum atomic E-state index is 13.1. The van der Waals surface area contributed by atoms with Crippen LogP contribution in [-0.4, -0.2) is 56.7 Å². The SMILES string of the molecule is Cc1cccc(CN2CCN(C(=O)c3nc(-n4nc(C)cc4C)ccc3Cl)CC2)c1. The molecule has 0 saturated carbocycles. The van der Waals surface area contributed by atoms with Crippen molar-refractivity contribution in [3.8, 4) is 5.82 Å². The standard InChI is InChI=1S/C23H26ClN5O/c1-16-5-4-6-19(13-16)15-27-9-11-28(12-10-27)23(30)22-20(24)7-8-21(25-22)29-18(3)14-17(2)26-29/h4-8,13-14H,9-12,15H2,1-3H3. The molecule has 0 spiro atoms. The number of aryl methyl sites for hydroxylation is 3. The molecule has 1 aliphatic heterocycles. The highest BCUT2D eigenvalue weighted by molar-refractivity contribution is 6.33. The Morgan fingerprint density at radius 1 is 1.03 bits per heavy atom. The molecule has 0 N–H and O–H groups in total. The van der Waals surface area contributed by atoms with Gasteiger partial charge in [0.05, 0.1) is 10.7 Å². The number of aromatic nitrogens is 3. The number of hydrogen-bond donors (Lipinski definition) is 0. The Morgan fingerprint density at radius 2 is 1.80 bits per heavy atom. The lowest BCUT2D eigenvalue weighted by molar-refractivity contribution is 0.0623. The lowest BCUT2D eigenvalue weighted by Gasteiger charge is -2.34. The first-order valence-electron chi connectivity index (χ1n) is 10.2. The third kappa shape index (κ3) is 4.40. The first-order chi connectivity index (χ1) is 14.4. The predicted octanol–water partition coefficient (Wildman–Crippen LogP) is 3.80. The number of hydrogen-bond acceptors (Lipinski definition) is 4. The Labute approximate surface area is 182 Å². The van der Waals surface area contributed by atoms with Gasteiger partial charge in [-0.3, -0.25) is 9.69 Å². The van der Waals surface area contributed by atoms with Gasteiger partial charge in [0.2, 0.25) is 0 Å². The highest BCUT2D eigenvalue weighted by Crippen LogP contribution is 2.20. The van der Waals surface area contributed by atoms with Crippen molar-refractivity contribution in [2.45, 2.75) is 27.3 Å². The molecular formula is C23H26ClN5O. The van der Waals surface area contributed by atoms with Crippen molar-refractivity contribution in [3.05, 3.63) is 75.7 Å². The molecule has 0 aliphatic carbocycles. The lowest BCUT2D eigenvalue weighted by Crippen LogP contribution is -2.48. The van der Waals surface area contributed by atoms with Gasteiger partial charge < -0.3 is 4.90 Å². The van der Waals surface area contributed by atoms with Gasteiger partial charge in [0.1, 0.15) is 5.69 Å². The van der Waals surface area contributed by atoms with Crippen LogP contribution in [0.1, 0.15) is 33.0 Å². The predicted molar refractivity (Wildman–Crippen MR) is 118 cm³/mol. The Kier molecular flexibility index (Phi) is 5.88. The summed E-state index contributed by atoms with van der Waals surface area (Å²) in [6.07, 6.45) is 0. The van der Waals surface area contributed by atoms with E-state index in [0.29, 0.717) is 23.9 Å². The van der Waals surface area contributed by atoms with Crippen LogP contribution in [0.2, 0.25) is 5.02 Å². The molecule has 1 saturated heterocycles. The minimum Gasteiger partial charge on any atom is -0.335 e. The summed E-state index contributed by atoms with van der Waals surface area (Å²) in [5, 5.41) is 4.83. The van der Waals surface area contributed by atoms with Crippen LogP contribution in [0.25, 0.3) is 5.82 Å². The highest BCUT2D eigenvalue weighted by atomic mass is 35.5. The average molecular weight is 424 g/mol. The normalized spacial score (nSPS) is 14.9. The molecule has 0 radical (unpaired) electrons. The van der Waals surface area contributed by atoms with Crippen molar-refractivity contribution in [2.24, 2.45) is 0 Å². The minimum absolute atomic E-state index is 0.126. The number of rotatable bonds is 4. The summed E-state index contributed by atoms with van der Waals surface area (Å²) < 4.78 is 1.74. The molecule has 30 heavy (non-hydrogen) atoms. The number of amides is 1. The summed E-state index contributed by atoms with van der Waals surface area (Å²) in [6, 6.07) is 14.1. The summed E-state index contributed by atoms with van der Waals surface area (Å²) in [5.74, 6) is 0.477. The quantitative estimate of drug-likeness (QED) is 0.640. The van der Waals surface area contributed by atoms with Gasteiger partial charge in [-0.2, -0.15) is 5.10 Å². The smallest absolute Gasteiger partial charge is 0.274 e. The number of halogens is 1. The molecule has 3 aromatic rings. The van der Waals surface area contributed by atoms with Crippen molar-refractivity contribution in [1.29, 1.82) is 0 Å². The molecule has 3 heterocycles. The molecule has 2 aromatic heterocycles. The summed E-state index contributed by atoms with van der Waals surface area (Å²) in [4.78, 5) is 21.9. The van der Waals surface area contributed by atoms with Crippen LogP contribution in [0.4, 0.5) is 0 Å². The van der Waals surface area contributed by atoms with Gasteiger partial charge in [-0.1, -0.05) is 41.4 Å². The van der Waals surface area contributed by atoms with Crippen molar-refractivity contribution >= 4 is 17.5 Å². The second-order valence-corrected chi connectivity index (χ2v) is 8.30. The molecule has 6 nitrogen and oxygen atoms in total. The van der Waals surface area contributed by atoms with Gasteiger partial charge in [-0.15, -0.1) is 0 Å². The number of carbonyl (C=O) groups excluding carboxylic acids is 1.